The van der Waals surface area contributed by atoms with Crippen LogP contribution in [0.15, 0.2) is 0 Å². The summed E-state index contributed by atoms with van der Waals surface area (Å²) >= 11 is -3.02. The average molecular weight is 153 g/mol. The Labute approximate surface area is 70.2 Å². The molecule has 2 nitrogen and oxygen atoms in total. The molecule has 0 saturated carbocycles. The molecule has 0 rings (SSSR count). The summed E-state index contributed by atoms with van der Waals surface area (Å²) in [5.74, 6) is 0. The van der Waals surface area contributed by atoms with Gasteiger partial charge in [-0.1, -0.05) is 0 Å². The Morgan fingerprint density at radius 3 is 1.75 bits per heavy atom. The predicted octanol–water partition coefficient (Wildman–Crippen LogP) is 0.440. The maximum absolute atomic E-state index is 11.3. The second kappa shape index (κ2) is 3.90. The number of rotatable bonds is 1. The van der Waals surface area contributed by atoms with E-state index in [1.807, 2.05) is 0 Å². The zero-order valence-corrected chi connectivity index (χ0v) is 7.34. The smallest absolute Gasteiger partial charge is 0.301 e. The SMILES string of the molecule is CC(F)(F)S(=O)O.[Na]. The van der Waals surface area contributed by atoms with E-state index in [-0.39, 0.29) is 29.6 Å². The third-order valence-corrected chi connectivity index (χ3v) is 0.920. The molecule has 0 aliphatic heterocycles. The fourth-order valence-electron chi connectivity index (χ4n) is 0. The van der Waals surface area contributed by atoms with Gasteiger partial charge in [0.2, 0.25) is 11.1 Å². The fraction of sp³-hybridized carbons (Fsp3) is 1.00. The van der Waals surface area contributed by atoms with Crippen molar-refractivity contribution < 1.29 is 17.5 Å². The van der Waals surface area contributed by atoms with Crippen LogP contribution >= 0.6 is 0 Å². The van der Waals surface area contributed by atoms with Crippen LogP contribution in [0.2, 0.25) is 0 Å². The molecule has 1 unspecified atom stereocenters. The van der Waals surface area contributed by atoms with Gasteiger partial charge in [-0.25, -0.2) is 4.21 Å². The summed E-state index contributed by atoms with van der Waals surface area (Å²) in [6.07, 6.45) is 0. The van der Waals surface area contributed by atoms with Crippen molar-refractivity contribution in [3.63, 3.8) is 0 Å². The van der Waals surface area contributed by atoms with E-state index in [4.69, 9.17) is 4.55 Å². The maximum atomic E-state index is 11.3. The summed E-state index contributed by atoms with van der Waals surface area (Å²) in [4.78, 5) is 0. The quantitative estimate of drug-likeness (QED) is 0.438. The third-order valence-electron chi connectivity index (χ3n) is 0.307. The topological polar surface area (TPSA) is 37.3 Å². The first kappa shape index (κ1) is 11.7. The van der Waals surface area contributed by atoms with Gasteiger partial charge in [-0.05, 0) is 0 Å². The second-order valence-electron chi connectivity index (χ2n) is 1.06. The maximum Gasteiger partial charge on any atom is 0.342 e. The van der Waals surface area contributed by atoms with Gasteiger partial charge in [0.25, 0.3) is 0 Å². The summed E-state index contributed by atoms with van der Waals surface area (Å²) in [5.41, 5.74) is 0. The molecule has 0 fully saturated rings. The number of hydrogen-bond acceptors (Lipinski definition) is 1. The largest absolute Gasteiger partial charge is 0.342 e. The normalized spacial score (nSPS) is 14.5. The minimum absolute atomic E-state index is 0. The Kier molecular flexibility index (Phi) is 5.71. The molecule has 0 spiro atoms. The molecule has 0 aromatic carbocycles. The van der Waals surface area contributed by atoms with E-state index in [0.29, 0.717) is 6.92 Å². The van der Waals surface area contributed by atoms with Crippen LogP contribution in [0.25, 0.3) is 0 Å². The van der Waals surface area contributed by atoms with Crippen molar-refractivity contribution in [2.45, 2.75) is 12.2 Å². The molecule has 45 valence electrons. The van der Waals surface area contributed by atoms with Gasteiger partial charge in [-0.2, -0.15) is 8.78 Å². The number of hydrogen-bond donors (Lipinski definition) is 1. The van der Waals surface area contributed by atoms with Crippen molar-refractivity contribution in [2.24, 2.45) is 0 Å². The molecule has 0 heterocycles. The van der Waals surface area contributed by atoms with Crippen LogP contribution < -0.4 is 0 Å². The molecule has 0 amide bonds. The molecular formula is C2H4F2NaO2S. The Bertz CT molecular complexity index is 90.5. The molecule has 0 aromatic heterocycles. The van der Waals surface area contributed by atoms with Crippen LogP contribution in [0, 0.1) is 0 Å². The standard InChI is InChI=1S/C2H4F2O2S.Na/c1-2(3,4)7(5)6;/h1H3,(H,5,6);. The number of alkyl halides is 2. The van der Waals surface area contributed by atoms with Crippen LogP contribution in [-0.4, -0.2) is 43.6 Å². The summed E-state index contributed by atoms with van der Waals surface area (Å²) in [6, 6.07) is 0. The van der Waals surface area contributed by atoms with Crippen molar-refractivity contribution in [3.8, 4) is 0 Å². The van der Waals surface area contributed by atoms with Gasteiger partial charge in [0.1, 0.15) is 0 Å². The molecule has 1 atom stereocenters. The molecule has 8 heavy (non-hydrogen) atoms. The van der Waals surface area contributed by atoms with Gasteiger partial charge in [0, 0.05) is 36.5 Å². The summed E-state index contributed by atoms with van der Waals surface area (Å²) in [7, 11) is 0. The Morgan fingerprint density at radius 2 is 1.75 bits per heavy atom. The molecule has 0 aliphatic carbocycles. The van der Waals surface area contributed by atoms with E-state index in [1.54, 1.807) is 0 Å². The van der Waals surface area contributed by atoms with E-state index < -0.39 is 16.3 Å². The zero-order valence-electron chi connectivity index (χ0n) is 4.52. The van der Waals surface area contributed by atoms with Crippen molar-refractivity contribution in [2.75, 3.05) is 0 Å². The summed E-state index contributed by atoms with van der Waals surface area (Å²) in [5, 5.41) is -3.47. The monoisotopic (exact) mass is 153 g/mol. The molecule has 0 aromatic rings. The van der Waals surface area contributed by atoms with Gasteiger partial charge in [-0.3, -0.25) is 0 Å². The first-order chi connectivity index (χ1) is 2.94. The van der Waals surface area contributed by atoms with Crippen molar-refractivity contribution in [1.82, 2.24) is 0 Å². The molecule has 0 saturated heterocycles. The summed E-state index contributed by atoms with van der Waals surface area (Å²) in [6.45, 7) is 0.378. The first-order valence-electron chi connectivity index (χ1n) is 1.43. The minimum Gasteiger partial charge on any atom is -0.301 e. The van der Waals surface area contributed by atoms with E-state index in [9.17, 15) is 13.0 Å². The first-order valence-corrected chi connectivity index (χ1v) is 2.54. The molecule has 1 N–H and O–H groups in total. The van der Waals surface area contributed by atoms with Gasteiger partial charge < -0.3 is 4.55 Å². The molecule has 1 radical (unpaired) electrons. The van der Waals surface area contributed by atoms with E-state index >= 15 is 0 Å². The molecule has 6 heteroatoms. The Morgan fingerprint density at radius 1 is 1.62 bits per heavy atom. The molecule has 0 bridgehead atoms. The van der Waals surface area contributed by atoms with Crippen LogP contribution in [-0.2, 0) is 11.1 Å². The fourth-order valence-corrected chi connectivity index (χ4v) is 0. The van der Waals surface area contributed by atoms with E-state index in [0.717, 1.165) is 0 Å². The van der Waals surface area contributed by atoms with Crippen LogP contribution in [0.3, 0.4) is 0 Å². The van der Waals surface area contributed by atoms with E-state index in [2.05, 4.69) is 0 Å². The number of halogens is 2. The van der Waals surface area contributed by atoms with Crippen molar-refractivity contribution in [3.05, 3.63) is 0 Å². The van der Waals surface area contributed by atoms with Gasteiger partial charge in [0.15, 0.2) is 0 Å². The van der Waals surface area contributed by atoms with Gasteiger partial charge in [0.05, 0.1) is 0 Å². The second-order valence-corrected chi connectivity index (χ2v) is 2.27. The van der Waals surface area contributed by atoms with Gasteiger partial charge >= 0.3 is 5.25 Å². The van der Waals surface area contributed by atoms with Crippen LogP contribution in [0.1, 0.15) is 6.92 Å². The average Bonchev–Trinajstić information content (AvgIpc) is 1.31. The zero-order chi connectivity index (χ0) is 6.08. The third kappa shape index (κ3) is 5.11. The summed E-state index contributed by atoms with van der Waals surface area (Å²) < 4.78 is 39.6. The van der Waals surface area contributed by atoms with Crippen LogP contribution in [0.5, 0.6) is 0 Å². The predicted molar refractivity (Wildman–Crippen MR) is 27.1 cm³/mol. The molecular weight excluding hydrogens is 149 g/mol. The van der Waals surface area contributed by atoms with Crippen molar-refractivity contribution in [1.29, 1.82) is 0 Å². The van der Waals surface area contributed by atoms with Gasteiger partial charge in [-0.15, -0.1) is 0 Å². The Balaban J connectivity index is 0. The molecule has 0 aliphatic rings. The Hall–Kier alpha value is 0.970. The minimum atomic E-state index is -3.47. The van der Waals surface area contributed by atoms with Crippen molar-refractivity contribution >= 4 is 40.6 Å². The van der Waals surface area contributed by atoms with Crippen LogP contribution in [0.4, 0.5) is 8.78 Å². The van der Waals surface area contributed by atoms with E-state index in [1.165, 1.54) is 0 Å².